The van der Waals surface area contributed by atoms with Crippen molar-refractivity contribution < 1.29 is 18.7 Å². The fourth-order valence-electron chi connectivity index (χ4n) is 3.78. The molecule has 34 heavy (non-hydrogen) atoms. The molecule has 0 fully saturated rings. The number of thioether (sulfide) groups is 1. The molecule has 4 aromatic rings. The fraction of sp³-hybridized carbons (Fsp3) is 0.269. The van der Waals surface area contributed by atoms with Crippen LogP contribution in [-0.2, 0) is 13.0 Å². The van der Waals surface area contributed by atoms with Crippen LogP contribution in [0.1, 0.15) is 27.3 Å². The van der Waals surface area contributed by atoms with E-state index < -0.39 is 0 Å². The quantitative estimate of drug-likeness (QED) is 0.224. The van der Waals surface area contributed by atoms with Crippen molar-refractivity contribution in [2.24, 2.45) is 0 Å². The van der Waals surface area contributed by atoms with Gasteiger partial charge in [0.1, 0.15) is 11.5 Å². The third kappa shape index (κ3) is 5.34. The second kappa shape index (κ2) is 10.6. The van der Waals surface area contributed by atoms with Gasteiger partial charge in [0, 0.05) is 29.1 Å². The Morgan fingerprint density at radius 2 is 1.62 bits per heavy atom. The smallest absolute Gasteiger partial charge is 0.277 e. The number of hydrogen-bond acceptors (Lipinski definition) is 7. The monoisotopic (exact) mass is 477 g/mol. The lowest BCUT2D eigenvalue weighted by Gasteiger charge is -2.10. The predicted molar refractivity (Wildman–Crippen MR) is 132 cm³/mol. The first-order valence-corrected chi connectivity index (χ1v) is 11.9. The van der Waals surface area contributed by atoms with Crippen LogP contribution in [0.15, 0.2) is 64.2 Å². The van der Waals surface area contributed by atoms with Crippen molar-refractivity contribution >= 4 is 17.5 Å². The summed E-state index contributed by atoms with van der Waals surface area (Å²) in [6.45, 7) is 4.83. The molecule has 0 N–H and O–H groups in total. The molecule has 2 aromatic carbocycles. The Hall–Kier alpha value is -3.52. The average Bonchev–Trinajstić information content (AvgIpc) is 3.46. The molecule has 0 radical (unpaired) electrons. The van der Waals surface area contributed by atoms with Crippen LogP contribution >= 0.6 is 11.8 Å². The highest BCUT2D eigenvalue weighted by Crippen LogP contribution is 2.26. The Morgan fingerprint density at radius 1 is 0.971 bits per heavy atom. The minimum atomic E-state index is 0.0398. The molecule has 4 rings (SSSR count). The minimum Gasteiger partial charge on any atom is -0.497 e. The highest BCUT2D eigenvalue weighted by molar-refractivity contribution is 7.99. The molecule has 0 spiro atoms. The Morgan fingerprint density at radius 3 is 2.26 bits per heavy atom. The molecular formula is C26H27N3O4S. The summed E-state index contributed by atoms with van der Waals surface area (Å²) in [5, 5.41) is 8.53. The van der Waals surface area contributed by atoms with E-state index in [9.17, 15) is 4.79 Å². The van der Waals surface area contributed by atoms with Crippen LogP contribution in [0.5, 0.6) is 11.5 Å². The highest BCUT2D eigenvalue weighted by atomic mass is 32.2. The third-order valence-electron chi connectivity index (χ3n) is 5.73. The molecule has 0 unspecified atom stereocenters. The Balaban J connectivity index is 1.37. The second-order valence-corrected chi connectivity index (χ2v) is 8.77. The number of aromatic nitrogens is 3. The summed E-state index contributed by atoms with van der Waals surface area (Å²) in [4.78, 5) is 12.9. The van der Waals surface area contributed by atoms with Gasteiger partial charge in [-0.1, -0.05) is 23.9 Å². The first-order chi connectivity index (χ1) is 16.5. The van der Waals surface area contributed by atoms with E-state index in [0.29, 0.717) is 11.1 Å². The molecule has 0 bridgehead atoms. The molecule has 176 valence electrons. The van der Waals surface area contributed by atoms with Crippen LogP contribution < -0.4 is 9.47 Å². The molecule has 0 saturated heterocycles. The largest absolute Gasteiger partial charge is 0.497 e. The van der Waals surface area contributed by atoms with E-state index in [0.717, 1.165) is 47.0 Å². The summed E-state index contributed by atoms with van der Waals surface area (Å²) >= 11 is 1.25. The minimum absolute atomic E-state index is 0.0398. The highest BCUT2D eigenvalue weighted by Gasteiger charge is 2.18. The van der Waals surface area contributed by atoms with Gasteiger partial charge < -0.3 is 18.5 Å². The molecule has 2 heterocycles. The first kappa shape index (κ1) is 23.6. The van der Waals surface area contributed by atoms with E-state index in [1.165, 1.54) is 17.3 Å². The summed E-state index contributed by atoms with van der Waals surface area (Å²) in [6.07, 6.45) is 0.874. The van der Waals surface area contributed by atoms with Gasteiger partial charge in [0.25, 0.3) is 5.22 Å². The van der Waals surface area contributed by atoms with Gasteiger partial charge in [0.2, 0.25) is 5.89 Å². The summed E-state index contributed by atoms with van der Waals surface area (Å²) in [6, 6.07) is 17.4. The van der Waals surface area contributed by atoms with Gasteiger partial charge in [0.05, 0.1) is 20.0 Å². The van der Waals surface area contributed by atoms with E-state index >= 15 is 0 Å². The fourth-order valence-corrected chi connectivity index (χ4v) is 4.43. The Labute approximate surface area is 203 Å². The SMILES string of the molecule is COc1ccc(CCn2c(C)cc(C(=O)CSc3nnc(-c4ccc(OC)cc4)o3)c2C)cc1. The van der Waals surface area contributed by atoms with Crippen molar-refractivity contribution in [2.45, 2.75) is 32.0 Å². The molecule has 0 atom stereocenters. The van der Waals surface area contributed by atoms with Crippen molar-refractivity contribution in [3.63, 3.8) is 0 Å². The van der Waals surface area contributed by atoms with Crippen LogP contribution in [-0.4, -0.2) is 40.5 Å². The van der Waals surface area contributed by atoms with Gasteiger partial charge in [-0.3, -0.25) is 4.79 Å². The lowest BCUT2D eigenvalue weighted by molar-refractivity contribution is 0.102. The molecule has 0 aliphatic heterocycles. The van der Waals surface area contributed by atoms with Crippen molar-refractivity contribution in [1.29, 1.82) is 0 Å². The van der Waals surface area contributed by atoms with Gasteiger partial charge >= 0.3 is 0 Å². The Kier molecular flexibility index (Phi) is 7.37. The lowest BCUT2D eigenvalue weighted by atomic mass is 10.1. The number of ether oxygens (including phenoxy) is 2. The molecule has 0 amide bonds. The van der Waals surface area contributed by atoms with Crippen molar-refractivity contribution in [1.82, 2.24) is 14.8 Å². The van der Waals surface area contributed by atoms with Crippen LogP contribution in [0.3, 0.4) is 0 Å². The van der Waals surface area contributed by atoms with Crippen LogP contribution in [0.4, 0.5) is 0 Å². The normalized spacial score (nSPS) is 10.9. The third-order valence-corrected chi connectivity index (χ3v) is 6.55. The van der Waals surface area contributed by atoms with Crippen LogP contribution in [0.25, 0.3) is 11.5 Å². The molecule has 0 aliphatic carbocycles. The summed E-state index contributed by atoms with van der Waals surface area (Å²) < 4.78 is 18.3. The molecule has 2 aromatic heterocycles. The number of carbonyl (C=O) groups excluding carboxylic acids is 1. The van der Waals surface area contributed by atoms with Crippen LogP contribution in [0, 0.1) is 13.8 Å². The maximum Gasteiger partial charge on any atom is 0.277 e. The number of rotatable bonds is 10. The zero-order valence-corrected chi connectivity index (χ0v) is 20.5. The van der Waals surface area contributed by atoms with Gasteiger partial charge in [-0.05, 0) is 68.3 Å². The second-order valence-electron chi connectivity index (χ2n) is 7.85. The van der Waals surface area contributed by atoms with E-state index in [4.69, 9.17) is 13.9 Å². The lowest BCUT2D eigenvalue weighted by Crippen LogP contribution is -2.08. The maximum atomic E-state index is 12.9. The van der Waals surface area contributed by atoms with Gasteiger partial charge in [-0.2, -0.15) is 0 Å². The summed E-state index contributed by atoms with van der Waals surface area (Å²) in [7, 11) is 3.28. The number of ketones is 1. The maximum absolute atomic E-state index is 12.9. The number of aryl methyl sites for hydroxylation is 2. The van der Waals surface area contributed by atoms with Crippen molar-refractivity contribution in [3.8, 4) is 23.0 Å². The number of carbonyl (C=O) groups is 1. The number of benzene rings is 2. The number of hydrogen-bond donors (Lipinski definition) is 0. The first-order valence-electron chi connectivity index (χ1n) is 10.9. The van der Waals surface area contributed by atoms with E-state index in [1.807, 2.05) is 56.3 Å². The zero-order chi connectivity index (χ0) is 24.1. The zero-order valence-electron chi connectivity index (χ0n) is 19.7. The molecule has 0 saturated carbocycles. The predicted octanol–water partition coefficient (Wildman–Crippen LogP) is 5.39. The number of methoxy groups -OCH3 is 2. The summed E-state index contributed by atoms with van der Waals surface area (Å²) in [5.74, 6) is 2.28. The van der Waals surface area contributed by atoms with E-state index in [1.54, 1.807) is 14.2 Å². The van der Waals surface area contributed by atoms with Crippen molar-refractivity contribution in [2.75, 3.05) is 20.0 Å². The molecule has 8 heteroatoms. The summed E-state index contributed by atoms with van der Waals surface area (Å²) in [5.41, 5.74) is 4.79. The molecular weight excluding hydrogens is 450 g/mol. The standard InChI is InChI=1S/C26H27N3O4S/c1-17-15-23(18(2)29(17)14-13-19-5-9-21(31-3)10-6-19)24(30)16-34-26-28-27-25(33-26)20-7-11-22(32-4)12-8-20/h5-12,15H,13-14,16H2,1-4H3. The molecule has 7 nitrogen and oxygen atoms in total. The van der Waals surface area contributed by atoms with Crippen LogP contribution in [0.2, 0.25) is 0 Å². The van der Waals surface area contributed by atoms with Gasteiger partial charge in [-0.15, -0.1) is 10.2 Å². The number of nitrogens with zero attached hydrogens (tertiary/aromatic N) is 3. The van der Waals surface area contributed by atoms with E-state index in [2.05, 4.69) is 26.9 Å². The van der Waals surface area contributed by atoms with Crippen molar-refractivity contribution in [3.05, 3.63) is 77.1 Å². The van der Waals surface area contributed by atoms with E-state index in [-0.39, 0.29) is 11.5 Å². The van der Waals surface area contributed by atoms with Gasteiger partial charge in [-0.25, -0.2) is 0 Å². The Bertz CT molecular complexity index is 1260. The topological polar surface area (TPSA) is 79.4 Å². The number of Topliss-reactive ketones (excluding diaryl/α,β-unsaturated/α-hetero) is 1. The molecule has 0 aliphatic rings. The van der Waals surface area contributed by atoms with Gasteiger partial charge in [0.15, 0.2) is 5.78 Å². The average molecular weight is 478 g/mol.